The highest BCUT2D eigenvalue weighted by Gasteiger charge is 2.36. The number of hydrogen-bond acceptors (Lipinski definition) is 3. The molecule has 0 saturated carbocycles. The normalized spacial score (nSPS) is 19.7. The van der Waals surface area contributed by atoms with Crippen molar-refractivity contribution in [3.05, 3.63) is 71.8 Å². The van der Waals surface area contributed by atoms with Gasteiger partial charge in [0.1, 0.15) is 5.82 Å². The van der Waals surface area contributed by atoms with Gasteiger partial charge >= 0.3 is 0 Å². The molecule has 2 aliphatic heterocycles. The van der Waals surface area contributed by atoms with Gasteiger partial charge in [-0.3, -0.25) is 14.6 Å². The van der Waals surface area contributed by atoms with Crippen molar-refractivity contribution in [2.24, 2.45) is 5.92 Å². The van der Waals surface area contributed by atoms with Gasteiger partial charge in [0.05, 0.1) is 18.2 Å². The van der Waals surface area contributed by atoms with Crippen LogP contribution in [0.5, 0.6) is 0 Å². The molecule has 6 heteroatoms. The molecule has 144 valence electrons. The zero-order chi connectivity index (χ0) is 19.5. The van der Waals surface area contributed by atoms with Crippen molar-refractivity contribution < 1.29 is 14.0 Å². The first-order valence-electron chi connectivity index (χ1n) is 9.51. The molecule has 2 aromatic rings. The second-order valence-electron chi connectivity index (χ2n) is 7.27. The Kier molecular flexibility index (Phi) is 5.19. The lowest BCUT2D eigenvalue weighted by Crippen LogP contribution is -2.39. The van der Waals surface area contributed by atoms with E-state index in [4.69, 9.17) is 0 Å². The summed E-state index contributed by atoms with van der Waals surface area (Å²) in [5.41, 5.74) is 2.95. The van der Waals surface area contributed by atoms with E-state index < -0.39 is 0 Å². The van der Waals surface area contributed by atoms with Gasteiger partial charge in [-0.1, -0.05) is 24.3 Å². The molecule has 2 aliphatic rings. The third-order valence-electron chi connectivity index (χ3n) is 5.38. The molecule has 5 nitrogen and oxygen atoms in total. The van der Waals surface area contributed by atoms with Gasteiger partial charge in [0.25, 0.3) is 0 Å². The number of halogens is 1. The fourth-order valence-electron chi connectivity index (χ4n) is 3.83. The van der Waals surface area contributed by atoms with E-state index >= 15 is 0 Å². The number of amides is 2. The van der Waals surface area contributed by atoms with Gasteiger partial charge in [-0.05, 0) is 41.8 Å². The molecule has 3 heterocycles. The lowest BCUT2D eigenvalue weighted by molar-refractivity contribution is -0.135. The third kappa shape index (κ3) is 3.96. The molecular weight excluding hydrogens is 357 g/mol. The number of carbonyl (C=O) groups is 2. The second kappa shape index (κ2) is 7.92. The summed E-state index contributed by atoms with van der Waals surface area (Å²) in [6, 6.07) is 12.1. The topological polar surface area (TPSA) is 53.5 Å². The van der Waals surface area contributed by atoms with Gasteiger partial charge in [-0.2, -0.15) is 0 Å². The molecule has 1 aromatic carbocycles. The highest BCUT2D eigenvalue weighted by atomic mass is 19.1. The van der Waals surface area contributed by atoms with Crippen LogP contribution >= 0.6 is 0 Å². The molecule has 1 fully saturated rings. The van der Waals surface area contributed by atoms with Gasteiger partial charge in [-0.25, -0.2) is 4.39 Å². The standard InChI is InChI=1S/C22H22FN3O2/c23-19-6-4-16(5-7-19)17-8-11-25(12-9-17)22(28)18-13-21(27)26(14-18)15-20-3-1-2-10-24-20/h1-8,10,18H,9,11-15H2/t18-/m0/s1. The molecular formula is C22H22FN3O2. The van der Waals surface area contributed by atoms with Gasteiger partial charge in [0.15, 0.2) is 0 Å². The number of rotatable bonds is 4. The van der Waals surface area contributed by atoms with Crippen LogP contribution in [-0.4, -0.2) is 46.2 Å². The highest BCUT2D eigenvalue weighted by molar-refractivity contribution is 5.89. The van der Waals surface area contributed by atoms with Crippen molar-refractivity contribution in [3.63, 3.8) is 0 Å². The molecule has 0 spiro atoms. The maximum absolute atomic E-state index is 13.1. The van der Waals surface area contributed by atoms with E-state index in [9.17, 15) is 14.0 Å². The van der Waals surface area contributed by atoms with Crippen LogP contribution in [0, 0.1) is 11.7 Å². The minimum atomic E-state index is -0.294. The maximum atomic E-state index is 13.1. The summed E-state index contributed by atoms with van der Waals surface area (Å²) in [6.07, 6.45) is 4.72. The number of pyridine rings is 1. The lowest BCUT2D eigenvalue weighted by atomic mass is 9.98. The van der Waals surface area contributed by atoms with E-state index in [2.05, 4.69) is 4.98 Å². The van der Waals surface area contributed by atoms with Crippen molar-refractivity contribution in [1.29, 1.82) is 0 Å². The first-order valence-corrected chi connectivity index (χ1v) is 9.51. The molecule has 1 saturated heterocycles. The van der Waals surface area contributed by atoms with E-state index in [0.717, 1.165) is 23.3 Å². The smallest absolute Gasteiger partial charge is 0.228 e. The van der Waals surface area contributed by atoms with Crippen LogP contribution < -0.4 is 0 Å². The first-order chi connectivity index (χ1) is 13.6. The van der Waals surface area contributed by atoms with E-state index in [-0.39, 0.29) is 30.0 Å². The molecule has 0 unspecified atom stereocenters. The maximum Gasteiger partial charge on any atom is 0.228 e. The summed E-state index contributed by atoms with van der Waals surface area (Å²) in [6.45, 7) is 2.03. The molecule has 0 aliphatic carbocycles. The zero-order valence-electron chi connectivity index (χ0n) is 15.6. The van der Waals surface area contributed by atoms with Crippen LogP contribution in [0.15, 0.2) is 54.7 Å². The number of nitrogens with zero attached hydrogens (tertiary/aromatic N) is 3. The molecule has 0 bridgehead atoms. The second-order valence-corrected chi connectivity index (χ2v) is 7.27. The van der Waals surface area contributed by atoms with Crippen LogP contribution in [0.4, 0.5) is 4.39 Å². The Bertz CT molecular complexity index is 896. The predicted molar refractivity (Wildman–Crippen MR) is 103 cm³/mol. The van der Waals surface area contributed by atoms with Crippen LogP contribution in [0.2, 0.25) is 0 Å². The fourth-order valence-corrected chi connectivity index (χ4v) is 3.83. The Hall–Kier alpha value is -3.02. The van der Waals surface area contributed by atoms with Gasteiger partial charge in [-0.15, -0.1) is 0 Å². The van der Waals surface area contributed by atoms with Crippen molar-refractivity contribution >= 4 is 17.4 Å². The SMILES string of the molecule is O=C1C[C@H](C(=O)N2CC=C(c3ccc(F)cc3)CC2)CN1Cc1ccccn1. The monoisotopic (exact) mass is 379 g/mol. The first kappa shape index (κ1) is 18.3. The quantitative estimate of drug-likeness (QED) is 0.821. The Morgan fingerprint density at radius 1 is 1.18 bits per heavy atom. The Balaban J connectivity index is 1.36. The zero-order valence-corrected chi connectivity index (χ0v) is 15.6. The predicted octanol–water partition coefficient (Wildman–Crippen LogP) is 2.89. The van der Waals surface area contributed by atoms with Crippen molar-refractivity contribution in [1.82, 2.24) is 14.8 Å². The highest BCUT2D eigenvalue weighted by Crippen LogP contribution is 2.26. The number of benzene rings is 1. The molecule has 0 N–H and O–H groups in total. The number of hydrogen-bond donors (Lipinski definition) is 0. The molecule has 1 atom stereocenters. The Morgan fingerprint density at radius 3 is 2.68 bits per heavy atom. The summed E-state index contributed by atoms with van der Waals surface area (Å²) in [5, 5.41) is 0. The van der Waals surface area contributed by atoms with Crippen molar-refractivity contribution in [2.45, 2.75) is 19.4 Å². The fraction of sp³-hybridized carbons (Fsp3) is 0.318. The van der Waals surface area contributed by atoms with Crippen molar-refractivity contribution in [3.8, 4) is 0 Å². The third-order valence-corrected chi connectivity index (χ3v) is 5.38. The minimum absolute atomic E-state index is 0.00329. The number of carbonyl (C=O) groups excluding carboxylic acids is 2. The van der Waals surface area contributed by atoms with E-state index in [1.165, 1.54) is 12.1 Å². The number of aromatic nitrogens is 1. The molecule has 2 amide bonds. The van der Waals surface area contributed by atoms with Crippen LogP contribution in [-0.2, 0) is 16.1 Å². The largest absolute Gasteiger partial charge is 0.338 e. The van der Waals surface area contributed by atoms with Crippen LogP contribution in [0.3, 0.4) is 0 Å². The number of likely N-dealkylation sites (tertiary alicyclic amines) is 1. The van der Waals surface area contributed by atoms with Gasteiger partial charge in [0.2, 0.25) is 11.8 Å². The Labute approximate surface area is 163 Å². The average molecular weight is 379 g/mol. The molecule has 28 heavy (non-hydrogen) atoms. The minimum Gasteiger partial charge on any atom is -0.338 e. The average Bonchev–Trinajstić information content (AvgIpc) is 3.09. The summed E-state index contributed by atoms with van der Waals surface area (Å²) < 4.78 is 13.1. The lowest BCUT2D eigenvalue weighted by Gasteiger charge is -2.29. The van der Waals surface area contributed by atoms with Gasteiger partial charge in [0, 0.05) is 32.3 Å². The summed E-state index contributed by atoms with van der Waals surface area (Å²) in [5.74, 6) is -0.509. The molecule has 4 rings (SSSR count). The van der Waals surface area contributed by atoms with Crippen molar-refractivity contribution in [2.75, 3.05) is 19.6 Å². The van der Waals surface area contributed by atoms with Crippen LogP contribution in [0.1, 0.15) is 24.1 Å². The van der Waals surface area contributed by atoms with E-state index in [1.54, 1.807) is 23.2 Å². The molecule has 1 aromatic heterocycles. The van der Waals surface area contributed by atoms with E-state index in [0.29, 0.717) is 26.2 Å². The summed E-state index contributed by atoms with van der Waals surface area (Å²) >= 11 is 0. The summed E-state index contributed by atoms with van der Waals surface area (Å²) in [4.78, 5) is 33.0. The van der Waals surface area contributed by atoms with E-state index in [1.807, 2.05) is 29.2 Å². The molecule has 0 radical (unpaired) electrons. The van der Waals surface area contributed by atoms with Crippen LogP contribution in [0.25, 0.3) is 5.57 Å². The summed E-state index contributed by atoms with van der Waals surface area (Å²) in [7, 11) is 0. The van der Waals surface area contributed by atoms with Gasteiger partial charge < -0.3 is 9.80 Å². The Morgan fingerprint density at radius 2 is 2.00 bits per heavy atom.